The standard InChI is InChI=1S/C5H12NO2.3C4H9.Sn/c1-7-5-8-4-2-3-6;3*1-3-4-2;/h1-6H2;3*1,3-4H2,2H3;. The number of unbranched alkanes of at least 4 members (excludes halogenated alkanes) is 3. The summed E-state index contributed by atoms with van der Waals surface area (Å²) >= 11 is -2.09. The van der Waals surface area contributed by atoms with E-state index in [2.05, 4.69) is 20.8 Å². The van der Waals surface area contributed by atoms with Gasteiger partial charge in [-0.15, -0.1) is 0 Å². The van der Waals surface area contributed by atoms with Crippen LogP contribution in [0.1, 0.15) is 65.7 Å². The molecule has 0 saturated heterocycles. The molecule has 0 spiro atoms. The molecule has 0 bridgehead atoms. The first kappa shape index (κ1) is 21.7. The second kappa shape index (κ2) is 15.6. The van der Waals surface area contributed by atoms with Gasteiger partial charge in [0, 0.05) is 0 Å². The van der Waals surface area contributed by atoms with Gasteiger partial charge in [-0.25, -0.2) is 0 Å². The third kappa shape index (κ3) is 11.8. The molecule has 0 aliphatic rings. The summed E-state index contributed by atoms with van der Waals surface area (Å²) in [6.45, 7) is 8.85. The van der Waals surface area contributed by atoms with Crippen molar-refractivity contribution in [2.75, 3.05) is 24.6 Å². The zero-order valence-electron chi connectivity index (χ0n) is 14.8. The molecule has 0 aliphatic carbocycles. The molecule has 128 valence electrons. The number of ether oxygens (including phenoxy) is 2. The molecule has 2 N–H and O–H groups in total. The zero-order valence-corrected chi connectivity index (χ0v) is 17.6. The SMILES string of the molecule is CCC[CH2][Sn]([CH2]CCC)([CH2]CCC)[CH2]OCOCCCN. The fraction of sp³-hybridized carbons (Fsp3) is 1.00. The van der Waals surface area contributed by atoms with Crippen LogP contribution < -0.4 is 5.73 Å². The minimum atomic E-state index is -2.09. The predicted octanol–water partition coefficient (Wildman–Crippen LogP) is 4.71. The maximum atomic E-state index is 5.97. The molecular weight excluding hydrogens is 369 g/mol. The van der Waals surface area contributed by atoms with Crippen LogP contribution in [-0.2, 0) is 9.47 Å². The Morgan fingerprint density at radius 1 is 0.762 bits per heavy atom. The van der Waals surface area contributed by atoms with Crippen molar-refractivity contribution in [3.05, 3.63) is 0 Å². The van der Waals surface area contributed by atoms with Gasteiger partial charge in [0.15, 0.2) is 0 Å². The molecule has 0 unspecified atom stereocenters. The summed E-state index contributed by atoms with van der Waals surface area (Å²) < 4.78 is 17.1. The molecule has 0 aromatic carbocycles. The molecule has 0 rings (SSSR count). The summed E-state index contributed by atoms with van der Waals surface area (Å²) in [7, 11) is 0. The molecule has 0 amide bonds. The van der Waals surface area contributed by atoms with E-state index in [-0.39, 0.29) is 0 Å². The van der Waals surface area contributed by atoms with Crippen LogP contribution in [0, 0.1) is 0 Å². The Labute approximate surface area is 137 Å². The fourth-order valence-corrected chi connectivity index (χ4v) is 17.1. The van der Waals surface area contributed by atoms with Crippen molar-refractivity contribution in [1.82, 2.24) is 0 Å². The normalized spacial score (nSPS) is 12.0. The molecule has 0 heterocycles. The first-order chi connectivity index (χ1) is 10.2. The van der Waals surface area contributed by atoms with Gasteiger partial charge >= 0.3 is 137 Å². The Morgan fingerprint density at radius 3 is 1.71 bits per heavy atom. The summed E-state index contributed by atoms with van der Waals surface area (Å²) in [4.78, 5) is 0. The Kier molecular flexibility index (Phi) is 16.1. The topological polar surface area (TPSA) is 44.5 Å². The van der Waals surface area contributed by atoms with Crippen LogP contribution >= 0.6 is 0 Å². The van der Waals surface area contributed by atoms with Gasteiger partial charge in [0.1, 0.15) is 0 Å². The van der Waals surface area contributed by atoms with Crippen molar-refractivity contribution in [3.63, 3.8) is 0 Å². The van der Waals surface area contributed by atoms with Gasteiger partial charge in [0.25, 0.3) is 0 Å². The Morgan fingerprint density at radius 2 is 1.29 bits per heavy atom. The number of hydrogen-bond acceptors (Lipinski definition) is 3. The van der Waals surface area contributed by atoms with Crippen LogP contribution in [0.4, 0.5) is 0 Å². The molecule has 0 aliphatic heterocycles. The fourth-order valence-electron chi connectivity index (χ4n) is 2.81. The van der Waals surface area contributed by atoms with E-state index in [1.165, 1.54) is 51.8 Å². The van der Waals surface area contributed by atoms with Crippen LogP contribution in [-0.4, -0.2) is 42.9 Å². The Bertz CT molecular complexity index is 193. The third-order valence-corrected chi connectivity index (χ3v) is 18.7. The van der Waals surface area contributed by atoms with Crippen molar-refractivity contribution in [2.45, 2.75) is 79.0 Å². The van der Waals surface area contributed by atoms with Crippen LogP contribution in [0.3, 0.4) is 0 Å². The summed E-state index contributed by atoms with van der Waals surface area (Å²) in [5, 5.41) is 0. The summed E-state index contributed by atoms with van der Waals surface area (Å²) in [5.41, 5.74) is 5.47. The van der Waals surface area contributed by atoms with E-state index in [4.69, 9.17) is 15.2 Å². The summed E-state index contributed by atoms with van der Waals surface area (Å²) in [6, 6.07) is 0. The van der Waals surface area contributed by atoms with Crippen molar-refractivity contribution >= 4 is 18.4 Å². The van der Waals surface area contributed by atoms with E-state index in [1.807, 2.05) is 0 Å². The molecule has 0 aromatic rings. The molecule has 0 fully saturated rings. The maximum absolute atomic E-state index is 5.97. The second-order valence-electron chi connectivity index (χ2n) is 6.33. The average Bonchev–Trinajstić information content (AvgIpc) is 2.51. The van der Waals surface area contributed by atoms with Crippen LogP contribution in [0.5, 0.6) is 0 Å². The molecule has 0 aromatic heterocycles. The molecule has 4 heteroatoms. The summed E-state index contributed by atoms with van der Waals surface area (Å²) in [6.07, 6.45) is 9.11. The van der Waals surface area contributed by atoms with Crippen LogP contribution in [0.15, 0.2) is 0 Å². The van der Waals surface area contributed by atoms with Crippen LogP contribution in [0.25, 0.3) is 0 Å². The zero-order chi connectivity index (χ0) is 15.8. The summed E-state index contributed by atoms with van der Waals surface area (Å²) in [5.74, 6) is 0. The number of nitrogens with two attached hydrogens (primary N) is 1. The predicted molar refractivity (Wildman–Crippen MR) is 95.3 cm³/mol. The van der Waals surface area contributed by atoms with Gasteiger partial charge in [-0.1, -0.05) is 0 Å². The van der Waals surface area contributed by atoms with E-state index in [0.717, 1.165) is 17.7 Å². The van der Waals surface area contributed by atoms with Gasteiger partial charge < -0.3 is 0 Å². The van der Waals surface area contributed by atoms with Gasteiger partial charge in [-0.05, 0) is 0 Å². The Hall–Kier alpha value is 0.679. The van der Waals surface area contributed by atoms with E-state index in [0.29, 0.717) is 13.3 Å². The van der Waals surface area contributed by atoms with Gasteiger partial charge in [0.05, 0.1) is 0 Å². The molecule has 3 nitrogen and oxygen atoms in total. The second-order valence-corrected chi connectivity index (χ2v) is 20.0. The van der Waals surface area contributed by atoms with Crippen molar-refractivity contribution in [3.8, 4) is 0 Å². The number of rotatable bonds is 16. The van der Waals surface area contributed by atoms with E-state index in [1.54, 1.807) is 0 Å². The van der Waals surface area contributed by atoms with Crippen LogP contribution in [0.2, 0.25) is 13.3 Å². The quantitative estimate of drug-likeness (QED) is 0.229. The monoisotopic (exact) mass is 409 g/mol. The molecule has 0 saturated carbocycles. The van der Waals surface area contributed by atoms with Crippen molar-refractivity contribution in [2.24, 2.45) is 5.73 Å². The first-order valence-corrected chi connectivity index (χ1v) is 17.2. The van der Waals surface area contributed by atoms with Crippen molar-refractivity contribution in [1.29, 1.82) is 0 Å². The molecule has 21 heavy (non-hydrogen) atoms. The van der Waals surface area contributed by atoms with E-state index in [9.17, 15) is 0 Å². The van der Waals surface area contributed by atoms with Gasteiger partial charge in [0.2, 0.25) is 0 Å². The molecule has 0 radical (unpaired) electrons. The van der Waals surface area contributed by atoms with Gasteiger partial charge in [-0.3, -0.25) is 0 Å². The minimum absolute atomic E-state index is 0.475. The first-order valence-electron chi connectivity index (χ1n) is 9.10. The molecule has 0 atom stereocenters. The number of hydrogen-bond donors (Lipinski definition) is 1. The van der Waals surface area contributed by atoms with E-state index < -0.39 is 18.4 Å². The average molecular weight is 408 g/mol. The molecular formula is C17H39NO2Sn. The third-order valence-electron chi connectivity index (χ3n) is 4.25. The van der Waals surface area contributed by atoms with Crippen molar-refractivity contribution < 1.29 is 9.47 Å². The Balaban J connectivity index is 4.28. The van der Waals surface area contributed by atoms with Gasteiger partial charge in [-0.2, -0.15) is 0 Å². The van der Waals surface area contributed by atoms with E-state index >= 15 is 0 Å².